The normalized spacial score (nSPS) is 17.1. The van der Waals surface area contributed by atoms with Crippen molar-refractivity contribution >= 4 is 22.6 Å². The molecule has 0 unspecified atom stereocenters. The van der Waals surface area contributed by atoms with Gasteiger partial charge in [-0.2, -0.15) is 5.26 Å². The van der Waals surface area contributed by atoms with Crippen LogP contribution in [0.2, 0.25) is 0 Å². The van der Waals surface area contributed by atoms with Gasteiger partial charge in [-0.1, -0.05) is 18.2 Å². The van der Waals surface area contributed by atoms with Crippen LogP contribution in [0.5, 0.6) is 5.75 Å². The molecule has 6 nitrogen and oxygen atoms in total. The van der Waals surface area contributed by atoms with E-state index in [9.17, 15) is 31.5 Å². The van der Waals surface area contributed by atoms with Crippen LogP contribution in [0.15, 0.2) is 54.7 Å². The van der Waals surface area contributed by atoms with Crippen molar-refractivity contribution < 1.29 is 36.3 Å². The average Bonchev–Trinajstić information content (AvgIpc) is 3.15. The Morgan fingerprint density at radius 1 is 1.08 bits per heavy atom. The van der Waals surface area contributed by atoms with Gasteiger partial charge in [-0.15, -0.1) is 13.2 Å². The number of carbonyl (C=O) groups is 2. The van der Waals surface area contributed by atoms with Crippen LogP contribution >= 0.6 is 0 Å². The minimum atomic E-state index is -4.81. The smallest absolute Gasteiger partial charge is 0.406 e. The molecule has 1 atom stereocenters. The van der Waals surface area contributed by atoms with Gasteiger partial charge in [0.25, 0.3) is 5.92 Å². The summed E-state index contributed by atoms with van der Waals surface area (Å²) in [4.78, 5) is 30.4. The lowest BCUT2D eigenvalue weighted by Crippen LogP contribution is -2.36. The van der Waals surface area contributed by atoms with E-state index < -0.39 is 43.0 Å². The van der Waals surface area contributed by atoms with Gasteiger partial charge in [-0.05, 0) is 41.5 Å². The fraction of sp³-hybridized carbons (Fsp3) is 0.280. The number of hydrogen-bond donors (Lipinski definition) is 0. The Hall–Kier alpha value is -4.07. The van der Waals surface area contributed by atoms with Crippen molar-refractivity contribution in [2.45, 2.75) is 37.6 Å². The first-order chi connectivity index (χ1) is 17.0. The first kappa shape index (κ1) is 25.0. The summed E-state index contributed by atoms with van der Waals surface area (Å²) in [5.41, 5.74) is 1.92. The quantitative estimate of drug-likeness (QED) is 0.327. The third-order valence-electron chi connectivity index (χ3n) is 5.77. The Kier molecular flexibility index (Phi) is 6.63. The lowest BCUT2D eigenvalue weighted by atomic mass is 9.97. The van der Waals surface area contributed by atoms with Crippen molar-refractivity contribution in [3.63, 3.8) is 0 Å². The summed E-state index contributed by atoms with van der Waals surface area (Å²) in [6, 6.07) is 12.2. The van der Waals surface area contributed by atoms with Gasteiger partial charge in [-0.25, -0.2) is 8.78 Å². The van der Waals surface area contributed by atoms with Gasteiger partial charge in [-0.3, -0.25) is 14.6 Å². The second-order valence-electron chi connectivity index (χ2n) is 8.31. The van der Waals surface area contributed by atoms with Gasteiger partial charge in [0.15, 0.2) is 5.78 Å². The summed E-state index contributed by atoms with van der Waals surface area (Å²) in [6.45, 7) is -0.855. The highest BCUT2D eigenvalue weighted by Gasteiger charge is 2.47. The number of amides is 1. The van der Waals surface area contributed by atoms with E-state index in [2.05, 4.69) is 9.72 Å². The molecule has 0 radical (unpaired) electrons. The standard InChI is InChI=1S/C25H18F5N3O3/c26-24(27)12-17(13-31)33(14-24)23(35)8-7-22(34)19-9-10-32-21-6-3-16(11-20(19)21)15-1-4-18(5-2-15)36-25(28,29)30/h1-6,9-11,17H,7-8,12,14H2/t17-/m0/s1. The predicted molar refractivity (Wildman–Crippen MR) is 118 cm³/mol. The molecule has 0 aliphatic carbocycles. The lowest BCUT2D eigenvalue weighted by Gasteiger charge is -2.18. The number of pyridine rings is 1. The molecule has 1 saturated heterocycles. The molecule has 3 aromatic rings. The summed E-state index contributed by atoms with van der Waals surface area (Å²) in [5.74, 6) is -4.63. The summed E-state index contributed by atoms with van der Waals surface area (Å²) in [6.07, 6.45) is -4.71. The van der Waals surface area contributed by atoms with Crippen molar-refractivity contribution in [3.8, 4) is 22.9 Å². The van der Waals surface area contributed by atoms with E-state index >= 15 is 0 Å². The van der Waals surface area contributed by atoms with E-state index in [-0.39, 0.29) is 24.2 Å². The van der Waals surface area contributed by atoms with Crippen LogP contribution in [-0.2, 0) is 4.79 Å². The van der Waals surface area contributed by atoms with Crippen molar-refractivity contribution in [2.24, 2.45) is 0 Å². The zero-order valence-electron chi connectivity index (χ0n) is 18.6. The molecular formula is C25H18F5N3O3. The van der Waals surface area contributed by atoms with Crippen molar-refractivity contribution in [2.75, 3.05) is 6.54 Å². The summed E-state index contributed by atoms with van der Waals surface area (Å²) in [5, 5.41) is 9.53. The average molecular weight is 503 g/mol. The van der Waals surface area contributed by atoms with E-state index in [1.807, 2.05) is 0 Å². The Labute approximate surface area is 201 Å². The Bertz CT molecular complexity index is 1350. The molecule has 0 bridgehead atoms. The Morgan fingerprint density at radius 3 is 2.44 bits per heavy atom. The van der Waals surface area contributed by atoms with Crippen LogP contribution < -0.4 is 4.74 Å². The fourth-order valence-electron chi connectivity index (χ4n) is 4.11. The predicted octanol–water partition coefficient (Wildman–Crippen LogP) is 5.52. The van der Waals surface area contributed by atoms with E-state index in [0.29, 0.717) is 22.0 Å². The molecule has 36 heavy (non-hydrogen) atoms. The number of Topliss-reactive ketones (excluding diaryl/α,β-unsaturated/α-hetero) is 1. The van der Waals surface area contributed by atoms with Crippen LogP contribution in [0.1, 0.15) is 29.6 Å². The first-order valence-corrected chi connectivity index (χ1v) is 10.8. The molecule has 0 spiro atoms. The molecule has 11 heteroatoms. The SMILES string of the molecule is N#C[C@@H]1CC(F)(F)CN1C(=O)CCC(=O)c1ccnc2ccc(-c3ccc(OC(F)(F)F)cc3)cc12. The molecule has 1 amide bonds. The van der Waals surface area contributed by atoms with Crippen molar-refractivity contribution in [3.05, 3.63) is 60.3 Å². The molecule has 2 heterocycles. The van der Waals surface area contributed by atoms with E-state index in [1.165, 1.54) is 36.5 Å². The van der Waals surface area contributed by atoms with Crippen LogP contribution in [0, 0.1) is 11.3 Å². The number of nitrogens with zero attached hydrogens (tertiary/aromatic N) is 3. The maximum absolute atomic E-state index is 13.6. The van der Waals surface area contributed by atoms with Gasteiger partial charge in [0, 0.05) is 36.4 Å². The molecule has 1 aliphatic heterocycles. The van der Waals surface area contributed by atoms with E-state index in [0.717, 1.165) is 4.90 Å². The summed E-state index contributed by atoms with van der Waals surface area (Å²) < 4.78 is 68.3. The number of benzene rings is 2. The van der Waals surface area contributed by atoms with Crippen molar-refractivity contribution in [1.82, 2.24) is 9.88 Å². The molecular weight excluding hydrogens is 485 g/mol. The van der Waals surface area contributed by atoms with Crippen LogP contribution in [0.4, 0.5) is 22.0 Å². The molecule has 1 aliphatic rings. The minimum Gasteiger partial charge on any atom is -0.406 e. The Balaban J connectivity index is 1.52. The number of aromatic nitrogens is 1. The zero-order chi connectivity index (χ0) is 26.1. The highest BCUT2D eigenvalue weighted by atomic mass is 19.4. The number of nitriles is 1. The van der Waals surface area contributed by atoms with E-state index in [4.69, 9.17) is 5.26 Å². The molecule has 0 N–H and O–H groups in total. The zero-order valence-corrected chi connectivity index (χ0v) is 18.6. The van der Waals surface area contributed by atoms with Gasteiger partial charge in [0.05, 0.1) is 18.1 Å². The lowest BCUT2D eigenvalue weighted by molar-refractivity contribution is -0.274. The number of carbonyl (C=O) groups excluding carboxylic acids is 2. The Morgan fingerprint density at radius 2 is 1.78 bits per heavy atom. The second-order valence-corrected chi connectivity index (χ2v) is 8.31. The van der Waals surface area contributed by atoms with Gasteiger partial charge >= 0.3 is 6.36 Å². The molecule has 4 rings (SSSR count). The monoisotopic (exact) mass is 503 g/mol. The second kappa shape index (κ2) is 9.53. The highest BCUT2D eigenvalue weighted by Crippen LogP contribution is 2.33. The number of hydrogen-bond acceptors (Lipinski definition) is 5. The molecule has 1 fully saturated rings. The number of rotatable bonds is 6. The van der Waals surface area contributed by atoms with Gasteiger partial charge in [0.1, 0.15) is 11.8 Å². The largest absolute Gasteiger partial charge is 0.573 e. The van der Waals surface area contributed by atoms with Crippen LogP contribution in [-0.4, -0.2) is 46.4 Å². The number of ketones is 1. The number of halogens is 5. The molecule has 2 aromatic carbocycles. The topological polar surface area (TPSA) is 83.3 Å². The van der Waals surface area contributed by atoms with Gasteiger partial charge < -0.3 is 9.64 Å². The third kappa shape index (κ3) is 5.59. The molecule has 186 valence electrons. The highest BCUT2D eigenvalue weighted by molar-refractivity contribution is 6.08. The maximum atomic E-state index is 13.6. The van der Waals surface area contributed by atoms with Crippen LogP contribution in [0.25, 0.3) is 22.0 Å². The number of fused-ring (bicyclic) bond motifs is 1. The summed E-state index contributed by atoms with van der Waals surface area (Å²) in [7, 11) is 0. The summed E-state index contributed by atoms with van der Waals surface area (Å²) >= 11 is 0. The number of ether oxygens (including phenoxy) is 1. The number of likely N-dealkylation sites (tertiary alicyclic amines) is 1. The van der Waals surface area contributed by atoms with Crippen molar-refractivity contribution in [1.29, 1.82) is 5.26 Å². The van der Waals surface area contributed by atoms with Crippen LogP contribution in [0.3, 0.4) is 0 Å². The van der Waals surface area contributed by atoms with E-state index in [1.54, 1.807) is 24.3 Å². The molecule has 1 aromatic heterocycles. The third-order valence-corrected chi connectivity index (χ3v) is 5.77. The maximum Gasteiger partial charge on any atom is 0.573 e. The first-order valence-electron chi connectivity index (χ1n) is 10.8. The van der Waals surface area contributed by atoms with Gasteiger partial charge in [0.2, 0.25) is 5.91 Å². The minimum absolute atomic E-state index is 0.258. The number of alkyl halides is 5. The molecule has 0 saturated carbocycles. The fourth-order valence-corrected chi connectivity index (χ4v) is 4.11.